The highest BCUT2D eigenvalue weighted by atomic mass is 16.1. The van der Waals surface area contributed by atoms with Crippen LogP contribution in [0.1, 0.15) is 15.9 Å². The first-order valence-electron chi connectivity index (χ1n) is 8.61. The maximum atomic E-state index is 11.4. The number of aryl methyl sites for hydroxylation is 1. The van der Waals surface area contributed by atoms with Crippen molar-refractivity contribution in [3.63, 3.8) is 0 Å². The van der Waals surface area contributed by atoms with Crippen LogP contribution in [0.3, 0.4) is 0 Å². The van der Waals surface area contributed by atoms with Crippen LogP contribution in [0.25, 0.3) is 44.0 Å². The molecule has 1 N–H and O–H groups in total. The van der Waals surface area contributed by atoms with Gasteiger partial charge in [-0.3, -0.25) is 4.79 Å². The summed E-state index contributed by atoms with van der Waals surface area (Å²) < 4.78 is 0. The first-order valence-corrected chi connectivity index (χ1v) is 8.61. The number of hydrogen-bond acceptors (Lipinski definition) is 2. The fourth-order valence-electron chi connectivity index (χ4n) is 3.82. The Morgan fingerprint density at radius 1 is 0.923 bits per heavy atom. The predicted molar refractivity (Wildman–Crippen MR) is 107 cm³/mol. The molecule has 3 nitrogen and oxygen atoms in total. The van der Waals surface area contributed by atoms with Gasteiger partial charge in [-0.1, -0.05) is 60.7 Å². The maximum Gasteiger partial charge on any atom is 0.150 e. The lowest BCUT2D eigenvalue weighted by Gasteiger charge is -2.07. The van der Waals surface area contributed by atoms with Crippen LogP contribution in [0.4, 0.5) is 0 Å². The molecule has 0 spiro atoms. The number of nitrogens with zero attached hydrogens (tertiary/aromatic N) is 1. The summed E-state index contributed by atoms with van der Waals surface area (Å²) in [5.41, 5.74) is 4.59. The molecule has 4 aromatic carbocycles. The molecule has 124 valence electrons. The van der Waals surface area contributed by atoms with Crippen LogP contribution in [0, 0.1) is 6.92 Å². The number of fused-ring (bicyclic) bond motifs is 5. The lowest BCUT2D eigenvalue weighted by Crippen LogP contribution is -1.88. The van der Waals surface area contributed by atoms with Crippen molar-refractivity contribution in [2.45, 2.75) is 6.92 Å². The average Bonchev–Trinajstić information content (AvgIpc) is 3.12. The number of carbonyl (C=O) groups excluding carboxylic acids is 1. The quantitative estimate of drug-likeness (QED) is 0.334. The Hall–Kier alpha value is -3.46. The zero-order chi connectivity index (χ0) is 17.7. The molecule has 3 heteroatoms. The Labute approximate surface area is 150 Å². The second kappa shape index (κ2) is 5.53. The standard InChI is InChI=1S/C23H16N2O/c1-14-12-15-6-2-4-8-17(15)19-10-11-20-22(21(14)19)25-23(24-20)18-9-5-3-7-16(18)13-26/h2-13H,1H3,(H,24,25). The zero-order valence-electron chi connectivity index (χ0n) is 14.3. The number of hydrogen-bond donors (Lipinski definition) is 1. The summed E-state index contributed by atoms with van der Waals surface area (Å²) in [7, 11) is 0. The van der Waals surface area contributed by atoms with E-state index >= 15 is 0 Å². The summed E-state index contributed by atoms with van der Waals surface area (Å²) >= 11 is 0. The molecule has 0 bridgehead atoms. The molecule has 1 aromatic heterocycles. The minimum atomic E-state index is 0.637. The van der Waals surface area contributed by atoms with Gasteiger partial charge in [0.1, 0.15) is 5.82 Å². The van der Waals surface area contributed by atoms with E-state index < -0.39 is 0 Å². The van der Waals surface area contributed by atoms with Gasteiger partial charge >= 0.3 is 0 Å². The number of nitrogens with one attached hydrogen (secondary N) is 1. The van der Waals surface area contributed by atoms with Crippen molar-refractivity contribution in [3.8, 4) is 11.4 Å². The normalized spacial score (nSPS) is 11.4. The summed E-state index contributed by atoms with van der Waals surface area (Å²) in [4.78, 5) is 19.6. The van der Waals surface area contributed by atoms with Crippen LogP contribution in [-0.4, -0.2) is 16.3 Å². The highest BCUT2D eigenvalue weighted by Crippen LogP contribution is 2.34. The second-order valence-electron chi connectivity index (χ2n) is 6.59. The van der Waals surface area contributed by atoms with Crippen molar-refractivity contribution in [1.29, 1.82) is 0 Å². The Morgan fingerprint density at radius 2 is 1.73 bits per heavy atom. The van der Waals surface area contributed by atoms with Crippen LogP contribution >= 0.6 is 0 Å². The van der Waals surface area contributed by atoms with E-state index in [0.717, 1.165) is 34.1 Å². The third-order valence-corrected chi connectivity index (χ3v) is 5.01. The molecule has 0 amide bonds. The number of carbonyl (C=O) groups is 1. The average molecular weight is 336 g/mol. The van der Waals surface area contributed by atoms with Crippen molar-refractivity contribution in [2.24, 2.45) is 0 Å². The van der Waals surface area contributed by atoms with Crippen molar-refractivity contribution in [1.82, 2.24) is 9.97 Å². The van der Waals surface area contributed by atoms with Gasteiger partial charge < -0.3 is 4.98 Å². The molecule has 0 saturated heterocycles. The predicted octanol–water partition coefficient (Wildman–Crippen LogP) is 5.66. The highest BCUT2D eigenvalue weighted by molar-refractivity contribution is 6.17. The Bertz CT molecular complexity index is 1310. The van der Waals surface area contributed by atoms with Crippen LogP contribution in [0.15, 0.2) is 66.7 Å². The topological polar surface area (TPSA) is 45.8 Å². The van der Waals surface area contributed by atoms with Crippen molar-refractivity contribution in [3.05, 3.63) is 77.9 Å². The van der Waals surface area contributed by atoms with E-state index in [2.05, 4.69) is 54.4 Å². The number of imidazole rings is 1. The number of aldehydes is 1. The van der Waals surface area contributed by atoms with Gasteiger partial charge in [0, 0.05) is 16.5 Å². The minimum Gasteiger partial charge on any atom is -0.338 e. The Kier molecular flexibility index (Phi) is 3.16. The number of H-pyrrole nitrogens is 1. The maximum absolute atomic E-state index is 11.4. The molecule has 0 aliphatic carbocycles. The van der Waals surface area contributed by atoms with E-state index in [1.54, 1.807) is 0 Å². The lowest BCUT2D eigenvalue weighted by atomic mass is 9.97. The fourth-order valence-corrected chi connectivity index (χ4v) is 3.82. The summed E-state index contributed by atoms with van der Waals surface area (Å²) in [5, 5.41) is 4.83. The summed E-state index contributed by atoms with van der Waals surface area (Å²) in [6.45, 7) is 2.13. The van der Waals surface area contributed by atoms with Gasteiger partial charge in [-0.15, -0.1) is 0 Å². The molecule has 5 rings (SSSR count). The first kappa shape index (κ1) is 14.8. The van der Waals surface area contributed by atoms with Gasteiger partial charge in [0.15, 0.2) is 6.29 Å². The van der Waals surface area contributed by atoms with E-state index in [1.165, 1.54) is 21.7 Å². The van der Waals surface area contributed by atoms with E-state index in [1.807, 2.05) is 24.3 Å². The molecule has 5 aromatic rings. The van der Waals surface area contributed by atoms with Crippen molar-refractivity contribution in [2.75, 3.05) is 0 Å². The largest absolute Gasteiger partial charge is 0.338 e. The van der Waals surface area contributed by atoms with E-state index in [4.69, 9.17) is 4.98 Å². The van der Waals surface area contributed by atoms with Gasteiger partial charge in [0.25, 0.3) is 0 Å². The molecule has 0 fully saturated rings. The van der Waals surface area contributed by atoms with Crippen LogP contribution in [0.5, 0.6) is 0 Å². The van der Waals surface area contributed by atoms with Crippen LogP contribution in [0.2, 0.25) is 0 Å². The van der Waals surface area contributed by atoms with Gasteiger partial charge in [-0.25, -0.2) is 4.98 Å². The van der Waals surface area contributed by atoms with Gasteiger partial charge in [0.05, 0.1) is 11.0 Å². The Balaban J connectivity index is 1.88. The van der Waals surface area contributed by atoms with E-state index in [0.29, 0.717) is 5.56 Å². The number of benzene rings is 4. The van der Waals surface area contributed by atoms with E-state index in [-0.39, 0.29) is 0 Å². The molecule has 0 aliphatic rings. The van der Waals surface area contributed by atoms with Gasteiger partial charge in [0.2, 0.25) is 0 Å². The van der Waals surface area contributed by atoms with Gasteiger partial charge in [-0.05, 0) is 34.7 Å². The lowest BCUT2D eigenvalue weighted by molar-refractivity contribution is 0.112. The van der Waals surface area contributed by atoms with Crippen molar-refractivity contribution < 1.29 is 4.79 Å². The Morgan fingerprint density at radius 3 is 2.62 bits per heavy atom. The van der Waals surface area contributed by atoms with Gasteiger partial charge in [-0.2, -0.15) is 0 Å². The third-order valence-electron chi connectivity index (χ3n) is 5.01. The molecule has 0 radical (unpaired) electrons. The summed E-state index contributed by atoms with van der Waals surface area (Å²) in [5.74, 6) is 0.725. The minimum absolute atomic E-state index is 0.637. The van der Waals surface area contributed by atoms with Crippen molar-refractivity contribution >= 4 is 38.9 Å². The molecule has 1 heterocycles. The molecular weight excluding hydrogens is 320 g/mol. The second-order valence-corrected chi connectivity index (χ2v) is 6.59. The number of rotatable bonds is 2. The van der Waals surface area contributed by atoms with Crippen LogP contribution in [-0.2, 0) is 0 Å². The SMILES string of the molecule is Cc1cc2ccccc2c2ccc3[nH]c(-c4ccccc4C=O)nc3c12. The fraction of sp³-hybridized carbons (Fsp3) is 0.0435. The van der Waals surface area contributed by atoms with Crippen LogP contribution < -0.4 is 0 Å². The monoisotopic (exact) mass is 336 g/mol. The molecular formula is C23H16N2O. The molecule has 0 unspecified atom stereocenters. The molecule has 0 saturated carbocycles. The molecule has 0 atom stereocenters. The van der Waals surface area contributed by atoms with E-state index in [9.17, 15) is 4.79 Å². The summed E-state index contributed by atoms with van der Waals surface area (Å²) in [6.07, 6.45) is 0.874. The smallest absolute Gasteiger partial charge is 0.150 e. The molecule has 26 heavy (non-hydrogen) atoms. The highest BCUT2D eigenvalue weighted by Gasteiger charge is 2.13. The zero-order valence-corrected chi connectivity index (χ0v) is 14.3. The number of aromatic amines is 1. The third kappa shape index (κ3) is 2.07. The summed E-state index contributed by atoms with van der Waals surface area (Å²) in [6, 6.07) is 22.4. The first-order chi connectivity index (χ1) is 12.8. The molecule has 0 aliphatic heterocycles. The number of aromatic nitrogens is 2.